The lowest BCUT2D eigenvalue weighted by Gasteiger charge is -2.24. The van der Waals surface area contributed by atoms with E-state index in [4.69, 9.17) is 4.74 Å². The van der Waals surface area contributed by atoms with Gasteiger partial charge in [-0.25, -0.2) is 12.8 Å². The van der Waals surface area contributed by atoms with Gasteiger partial charge in [0.05, 0.1) is 17.7 Å². The molecule has 0 aromatic heterocycles. The van der Waals surface area contributed by atoms with Gasteiger partial charge in [-0.1, -0.05) is 0 Å². The van der Waals surface area contributed by atoms with Crippen molar-refractivity contribution in [1.29, 1.82) is 0 Å². The largest absolute Gasteiger partial charge is 0.497 e. The van der Waals surface area contributed by atoms with Crippen LogP contribution in [-0.4, -0.2) is 27.5 Å². The topological polar surface area (TPSA) is 75.7 Å². The smallest absolute Gasteiger partial charge is 0.264 e. The summed E-state index contributed by atoms with van der Waals surface area (Å²) in [5.74, 6) is -0.103. The molecule has 160 valence electrons. The zero-order valence-electron chi connectivity index (χ0n) is 17.0. The van der Waals surface area contributed by atoms with E-state index in [1.807, 2.05) is 0 Å². The van der Waals surface area contributed by atoms with E-state index in [0.29, 0.717) is 29.1 Å². The second kappa shape index (κ2) is 8.03. The summed E-state index contributed by atoms with van der Waals surface area (Å²) in [6.45, 7) is 1.80. The molecule has 3 aromatic carbocycles. The number of hydrogen-bond donors (Lipinski definition) is 1. The Morgan fingerprint density at radius 2 is 1.74 bits per heavy atom. The molecule has 0 saturated heterocycles. The number of carbonyl (C=O) groups is 1. The maximum absolute atomic E-state index is 13.2. The molecule has 8 heteroatoms. The molecule has 31 heavy (non-hydrogen) atoms. The summed E-state index contributed by atoms with van der Waals surface area (Å²) in [5, 5.41) is 2.82. The number of hydrogen-bond acceptors (Lipinski definition) is 4. The van der Waals surface area contributed by atoms with Crippen LogP contribution in [0, 0.1) is 5.82 Å². The molecule has 1 N–H and O–H groups in total. The Morgan fingerprint density at radius 3 is 2.39 bits per heavy atom. The second-order valence-corrected chi connectivity index (χ2v) is 9.15. The Bertz CT molecular complexity index is 1230. The van der Waals surface area contributed by atoms with Gasteiger partial charge in [0.25, 0.3) is 15.9 Å². The van der Waals surface area contributed by atoms with Crippen LogP contribution in [0.3, 0.4) is 0 Å². The van der Waals surface area contributed by atoms with Crippen molar-refractivity contribution in [2.24, 2.45) is 0 Å². The van der Waals surface area contributed by atoms with Gasteiger partial charge in [-0.2, -0.15) is 0 Å². The van der Waals surface area contributed by atoms with E-state index in [-0.39, 0.29) is 16.8 Å². The minimum atomic E-state index is -3.85. The van der Waals surface area contributed by atoms with Gasteiger partial charge >= 0.3 is 0 Å². The summed E-state index contributed by atoms with van der Waals surface area (Å²) < 4.78 is 46.0. The van der Waals surface area contributed by atoms with Crippen LogP contribution < -0.4 is 14.4 Å². The van der Waals surface area contributed by atoms with E-state index in [2.05, 4.69) is 5.32 Å². The molecule has 1 aliphatic rings. The fourth-order valence-corrected chi connectivity index (χ4v) is 5.40. The Hall–Kier alpha value is -3.39. The van der Waals surface area contributed by atoms with Crippen molar-refractivity contribution in [3.05, 3.63) is 83.7 Å². The normalized spacial score (nSPS) is 15.5. The molecule has 0 spiro atoms. The number of rotatable bonds is 5. The molecule has 0 saturated carbocycles. The lowest BCUT2D eigenvalue weighted by Crippen LogP contribution is -2.35. The van der Waals surface area contributed by atoms with Crippen LogP contribution in [0.25, 0.3) is 0 Å². The van der Waals surface area contributed by atoms with Crippen molar-refractivity contribution >= 4 is 27.3 Å². The van der Waals surface area contributed by atoms with Crippen LogP contribution in [0.1, 0.15) is 22.8 Å². The first-order chi connectivity index (χ1) is 14.8. The van der Waals surface area contributed by atoms with E-state index in [0.717, 1.165) is 17.7 Å². The fraction of sp³-hybridized carbons (Fsp3) is 0.174. The fourth-order valence-electron chi connectivity index (χ4n) is 3.71. The van der Waals surface area contributed by atoms with Crippen molar-refractivity contribution in [1.82, 2.24) is 0 Å². The van der Waals surface area contributed by atoms with Crippen molar-refractivity contribution in [2.75, 3.05) is 16.7 Å². The summed E-state index contributed by atoms with van der Waals surface area (Å²) >= 11 is 0. The van der Waals surface area contributed by atoms with E-state index in [1.165, 1.54) is 16.4 Å². The number of amides is 1. The van der Waals surface area contributed by atoms with Gasteiger partial charge < -0.3 is 10.1 Å². The zero-order chi connectivity index (χ0) is 22.2. The van der Waals surface area contributed by atoms with Gasteiger partial charge in [-0.3, -0.25) is 9.10 Å². The minimum Gasteiger partial charge on any atom is -0.497 e. The summed E-state index contributed by atoms with van der Waals surface area (Å²) in [6.07, 6.45) is 0.472. The highest BCUT2D eigenvalue weighted by atomic mass is 32.2. The first-order valence-electron chi connectivity index (χ1n) is 9.68. The predicted molar refractivity (Wildman–Crippen MR) is 117 cm³/mol. The zero-order valence-corrected chi connectivity index (χ0v) is 17.8. The number of benzene rings is 3. The van der Waals surface area contributed by atoms with Crippen molar-refractivity contribution < 1.29 is 22.3 Å². The molecule has 0 bridgehead atoms. The Labute approximate surface area is 180 Å². The highest BCUT2D eigenvalue weighted by Crippen LogP contribution is 2.37. The minimum absolute atomic E-state index is 0.0231. The summed E-state index contributed by atoms with van der Waals surface area (Å²) in [4.78, 5) is 12.7. The van der Waals surface area contributed by atoms with Gasteiger partial charge in [0.15, 0.2) is 0 Å². The lowest BCUT2D eigenvalue weighted by molar-refractivity contribution is 0.102. The number of anilines is 2. The van der Waals surface area contributed by atoms with E-state index in [9.17, 15) is 17.6 Å². The van der Waals surface area contributed by atoms with Crippen LogP contribution in [-0.2, 0) is 16.4 Å². The van der Waals surface area contributed by atoms with Crippen LogP contribution in [0.15, 0.2) is 71.6 Å². The number of methoxy groups -OCH3 is 1. The molecule has 1 amide bonds. The standard InChI is InChI=1S/C23H21FN2O4S/c1-15-13-17-14-16(23(27)25-19-6-8-20(30-2)9-7-19)3-12-22(17)26(15)31(28,29)21-10-4-18(24)5-11-21/h3-12,14-15H,13H2,1-2H3,(H,25,27)/t15-/m1/s1. The molecule has 1 heterocycles. The molecule has 0 fully saturated rings. The van der Waals surface area contributed by atoms with Crippen LogP contribution >= 0.6 is 0 Å². The molecule has 3 aromatic rings. The lowest BCUT2D eigenvalue weighted by atomic mass is 10.1. The SMILES string of the molecule is COc1ccc(NC(=O)c2ccc3c(c2)C[C@@H](C)N3S(=O)(=O)c2ccc(F)cc2)cc1. The molecule has 1 aliphatic heterocycles. The molecule has 0 radical (unpaired) electrons. The predicted octanol–water partition coefficient (Wildman–Crippen LogP) is 4.23. The maximum atomic E-state index is 13.2. The number of ether oxygens (including phenoxy) is 1. The summed E-state index contributed by atoms with van der Waals surface area (Å²) in [5.41, 5.74) is 2.35. The van der Waals surface area contributed by atoms with E-state index >= 15 is 0 Å². The first-order valence-corrected chi connectivity index (χ1v) is 11.1. The maximum Gasteiger partial charge on any atom is 0.264 e. The van der Waals surface area contributed by atoms with Gasteiger partial charge in [-0.15, -0.1) is 0 Å². The highest BCUT2D eigenvalue weighted by molar-refractivity contribution is 7.92. The third-order valence-electron chi connectivity index (χ3n) is 5.21. The van der Waals surface area contributed by atoms with Gasteiger partial charge in [0.1, 0.15) is 11.6 Å². The average Bonchev–Trinajstić information content (AvgIpc) is 3.10. The second-order valence-electron chi connectivity index (χ2n) is 7.33. The third kappa shape index (κ3) is 3.98. The molecule has 4 rings (SSSR count). The Balaban J connectivity index is 1.60. The highest BCUT2D eigenvalue weighted by Gasteiger charge is 2.36. The molecule has 1 atom stereocenters. The molecule has 0 aliphatic carbocycles. The van der Waals surface area contributed by atoms with Crippen LogP contribution in [0.2, 0.25) is 0 Å². The number of fused-ring (bicyclic) bond motifs is 1. The van der Waals surface area contributed by atoms with E-state index in [1.54, 1.807) is 56.5 Å². The Kier molecular flexibility index (Phi) is 5.41. The van der Waals surface area contributed by atoms with Crippen molar-refractivity contribution in [2.45, 2.75) is 24.3 Å². The van der Waals surface area contributed by atoms with Crippen LogP contribution in [0.5, 0.6) is 5.75 Å². The molecule has 6 nitrogen and oxygen atoms in total. The van der Waals surface area contributed by atoms with Crippen LogP contribution in [0.4, 0.5) is 15.8 Å². The monoisotopic (exact) mass is 440 g/mol. The number of carbonyl (C=O) groups excluding carboxylic acids is 1. The molecular formula is C23H21FN2O4S. The van der Waals surface area contributed by atoms with E-state index < -0.39 is 15.8 Å². The first kappa shape index (κ1) is 20.9. The third-order valence-corrected chi connectivity index (χ3v) is 7.16. The molecule has 0 unspecified atom stereocenters. The summed E-state index contributed by atoms with van der Waals surface area (Å²) in [6, 6.07) is 16.4. The quantitative estimate of drug-likeness (QED) is 0.644. The number of nitrogens with one attached hydrogen (secondary N) is 1. The van der Waals surface area contributed by atoms with Crippen molar-refractivity contribution in [3.63, 3.8) is 0 Å². The van der Waals surface area contributed by atoms with Crippen molar-refractivity contribution in [3.8, 4) is 5.75 Å². The number of nitrogens with zero attached hydrogens (tertiary/aromatic N) is 1. The average molecular weight is 440 g/mol. The number of sulfonamides is 1. The van der Waals surface area contributed by atoms with Gasteiger partial charge in [-0.05, 0) is 85.6 Å². The molecular weight excluding hydrogens is 419 g/mol. The van der Waals surface area contributed by atoms with Gasteiger partial charge in [0, 0.05) is 17.3 Å². The Morgan fingerprint density at radius 1 is 1.06 bits per heavy atom. The summed E-state index contributed by atoms with van der Waals surface area (Å²) in [7, 11) is -2.28. The van der Waals surface area contributed by atoms with Gasteiger partial charge in [0.2, 0.25) is 0 Å². The number of halogens is 1.